The van der Waals surface area contributed by atoms with Gasteiger partial charge in [-0.3, -0.25) is 0 Å². The summed E-state index contributed by atoms with van der Waals surface area (Å²) >= 11 is 0. The zero-order chi connectivity index (χ0) is 13.1. The van der Waals surface area contributed by atoms with Crippen molar-refractivity contribution in [3.8, 4) is 5.75 Å². The van der Waals surface area contributed by atoms with E-state index in [9.17, 15) is 4.39 Å². The second-order valence-electron chi connectivity index (χ2n) is 4.54. The number of benzene rings is 1. The molecule has 1 aromatic rings. The van der Waals surface area contributed by atoms with Crippen molar-refractivity contribution >= 4 is 0 Å². The van der Waals surface area contributed by atoms with Crippen LogP contribution in [0.15, 0.2) is 12.1 Å². The van der Waals surface area contributed by atoms with Crippen LogP contribution in [0.5, 0.6) is 5.75 Å². The van der Waals surface area contributed by atoms with Crippen LogP contribution in [0.25, 0.3) is 0 Å². The Bertz CT molecular complexity index is 386. The number of rotatable bonds is 5. The summed E-state index contributed by atoms with van der Waals surface area (Å²) in [5, 5.41) is 0. The number of aryl methyl sites for hydroxylation is 1. The number of ether oxygens (including phenoxy) is 1. The van der Waals surface area contributed by atoms with Gasteiger partial charge < -0.3 is 9.57 Å². The van der Waals surface area contributed by atoms with E-state index in [2.05, 4.69) is 4.84 Å². The topological polar surface area (TPSA) is 44.5 Å². The molecular weight excluding hydrogens is 221 g/mol. The van der Waals surface area contributed by atoms with Crippen LogP contribution >= 0.6 is 0 Å². The molecule has 0 aromatic heterocycles. The molecule has 17 heavy (non-hydrogen) atoms. The van der Waals surface area contributed by atoms with Gasteiger partial charge in [-0.05, 0) is 31.9 Å². The molecule has 0 radical (unpaired) electrons. The van der Waals surface area contributed by atoms with Gasteiger partial charge in [-0.15, -0.1) is 0 Å². The summed E-state index contributed by atoms with van der Waals surface area (Å²) in [5.74, 6) is 5.62. The van der Waals surface area contributed by atoms with Crippen molar-refractivity contribution in [2.45, 2.75) is 32.9 Å². The SMILES string of the molecule is COc1c(C(C)(C)F)ccc(C)c1CCON. The Hall–Kier alpha value is -1.13. The normalized spacial score (nSPS) is 11.6. The number of alkyl halides is 1. The van der Waals surface area contributed by atoms with Gasteiger partial charge >= 0.3 is 0 Å². The molecule has 0 spiro atoms. The Morgan fingerprint density at radius 1 is 1.35 bits per heavy atom. The fourth-order valence-electron chi connectivity index (χ4n) is 1.90. The van der Waals surface area contributed by atoms with E-state index in [0.717, 1.165) is 11.1 Å². The van der Waals surface area contributed by atoms with Gasteiger partial charge in [-0.25, -0.2) is 10.3 Å². The van der Waals surface area contributed by atoms with Gasteiger partial charge in [0.15, 0.2) is 0 Å². The molecular formula is C13H20FNO2. The molecule has 4 heteroatoms. The van der Waals surface area contributed by atoms with E-state index in [-0.39, 0.29) is 0 Å². The molecule has 0 fully saturated rings. The van der Waals surface area contributed by atoms with Crippen molar-refractivity contribution in [1.29, 1.82) is 0 Å². The van der Waals surface area contributed by atoms with Crippen LogP contribution < -0.4 is 10.6 Å². The summed E-state index contributed by atoms with van der Waals surface area (Å²) in [4.78, 5) is 4.58. The summed E-state index contributed by atoms with van der Waals surface area (Å²) in [7, 11) is 1.55. The second kappa shape index (κ2) is 5.47. The highest BCUT2D eigenvalue weighted by Gasteiger charge is 2.25. The van der Waals surface area contributed by atoms with Crippen molar-refractivity contribution in [2.75, 3.05) is 13.7 Å². The van der Waals surface area contributed by atoms with Crippen LogP contribution in [-0.4, -0.2) is 13.7 Å². The molecule has 0 heterocycles. The molecule has 0 aliphatic heterocycles. The molecule has 1 rings (SSSR count). The Morgan fingerprint density at radius 3 is 2.47 bits per heavy atom. The number of methoxy groups -OCH3 is 1. The van der Waals surface area contributed by atoms with Gasteiger partial charge in [-0.2, -0.15) is 0 Å². The van der Waals surface area contributed by atoms with Gasteiger partial charge in [-0.1, -0.05) is 12.1 Å². The quantitative estimate of drug-likeness (QED) is 0.806. The van der Waals surface area contributed by atoms with E-state index in [4.69, 9.17) is 10.6 Å². The molecule has 1 aromatic carbocycles. The lowest BCUT2D eigenvalue weighted by Crippen LogP contribution is -2.14. The maximum absolute atomic E-state index is 14.1. The average molecular weight is 241 g/mol. The first-order valence-corrected chi connectivity index (χ1v) is 5.59. The minimum atomic E-state index is -1.43. The van der Waals surface area contributed by atoms with Crippen molar-refractivity contribution in [3.05, 3.63) is 28.8 Å². The van der Waals surface area contributed by atoms with E-state index < -0.39 is 5.67 Å². The zero-order valence-electron chi connectivity index (χ0n) is 10.8. The molecule has 0 bridgehead atoms. The molecule has 0 amide bonds. The van der Waals surface area contributed by atoms with Crippen LogP contribution in [0.1, 0.15) is 30.5 Å². The number of nitrogens with two attached hydrogens (primary N) is 1. The first kappa shape index (κ1) is 13.9. The van der Waals surface area contributed by atoms with E-state index in [1.54, 1.807) is 13.2 Å². The smallest absolute Gasteiger partial charge is 0.134 e. The third-order valence-electron chi connectivity index (χ3n) is 2.81. The van der Waals surface area contributed by atoms with E-state index in [1.165, 1.54) is 13.8 Å². The van der Waals surface area contributed by atoms with Crippen molar-refractivity contribution < 1.29 is 14.0 Å². The number of halogens is 1. The lowest BCUT2D eigenvalue weighted by atomic mass is 9.93. The summed E-state index contributed by atoms with van der Waals surface area (Å²) in [6.07, 6.45) is 0.607. The number of hydrogen-bond donors (Lipinski definition) is 1. The largest absolute Gasteiger partial charge is 0.496 e. The molecule has 96 valence electrons. The predicted molar refractivity (Wildman–Crippen MR) is 65.7 cm³/mol. The molecule has 0 atom stereocenters. The molecule has 2 N–H and O–H groups in total. The van der Waals surface area contributed by atoms with E-state index in [0.29, 0.717) is 24.3 Å². The highest BCUT2D eigenvalue weighted by atomic mass is 19.1. The van der Waals surface area contributed by atoms with Crippen LogP contribution in [0.4, 0.5) is 4.39 Å². The standard InChI is InChI=1S/C13H20FNO2/c1-9-5-6-11(13(2,3)14)12(16-4)10(9)7-8-17-15/h5-6H,7-8,15H2,1-4H3. The Kier molecular flexibility index (Phi) is 4.48. The molecule has 0 saturated carbocycles. The summed E-state index contributed by atoms with van der Waals surface area (Å²) in [5.41, 5.74) is 1.11. The summed E-state index contributed by atoms with van der Waals surface area (Å²) in [6, 6.07) is 3.66. The van der Waals surface area contributed by atoms with Crippen molar-refractivity contribution in [2.24, 2.45) is 5.90 Å². The Balaban J connectivity index is 3.26. The lowest BCUT2D eigenvalue weighted by molar-refractivity contribution is 0.140. The highest BCUT2D eigenvalue weighted by Crippen LogP contribution is 2.36. The fourth-order valence-corrected chi connectivity index (χ4v) is 1.90. The first-order valence-electron chi connectivity index (χ1n) is 5.59. The highest BCUT2D eigenvalue weighted by molar-refractivity contribution is 5.48. The predicted octanol–water partition coefficient (Wildman–Crippen LogP) is 2.64. The van der Waals surface area contributed by atoms with Crippen LogP contribution in [-0.2, 0) is 16.9 Å². The second-order valence-corrected chi connectivity index (χ2v) is 4.54. The van der Waals surface area contributed by atoms with Crippen LogP contribution in [0, 0.1) is 6.92 Å². The van der Waals surface area contributed by atoms with Gasteiger partial charge in [0, 0.05) is 12.0 Å². The van der Waals surface area contributed by atoms with Gasteiger partial charge in [0.05, 0.1) is 13.7 Å². The molecule has 0 aliphatic carbocycles. The van der Waals surface area contributed by atoms with Crippen LogP contribution in [0.2, 0.25) is 0 Å². The monoisotopic (exact) mass is 241 g/mol. The molecule has 0 unspecified atom stereocenters. The average Bonchev–Trinajstić information content (AvgIpc) is 2.25. The number of hydrogen-bond acceptors (Lipinski definition) is 3. The minimum Gasteiger partial charge on any atom is -0.496 e. The maximum Gasteiger partial charge on any atom is 0.134 e. The van der Waals surface area contributed by atoms with E-state index in [1.807, 2.05) is 13.0 Å². The minimum absolute atomic E-state index is 0.382. The molecule has 0 aliphatic rings. The third-order valence-corrected chi connectivity index (χ3v) is 2.81. The van der Waals surface area contributed by atoms with E-state index >= 15 is 0 Å². The maximum atomic E-state index is 14.1. The lowest BCUT2D eigenvalue weighted by Gasteiger charge is -2.22. The molecule has 3 nitrogen and oxygen atoms in total. The van der Waals surface area contributed by atoms with Gasteiger partial charge in [0.25, 0.3) is 0 Å². The molecule has 0 saturated heterocycles. The summed E-state index contributed by atoms with van der Waals surface area (Å²) < 4.78 is 19.4. The zero-order valence-corrected chi connectivity index (χ0v) is 10.8. The summed E-state index contributed by atoms with van der Waals surface area (Å²) in [6.45, 7) is 5.38. The first-order chi connectivity index (χ1) is 7.91. The van der Waals surface area contributed by atoms with Crippen LogP contribution in [0.3, 0.4) is 0 Å². The third kappa shape index (κ3) is 3.17. The van der Waals surface area contributed by atoms with Gasteiger partial charge in [0.2, 0.25) is 0 Å². The van der Waals surface area contributed by atoms with Crippen molar-refractivity contribution in [3.63, 3.8) is 0 Å². The van der Waals surface area contributed by atoms with Gasteiger partial charge in [0.1, 0.15) is 11.4 Å². The Labute approximate surface area is 102 Å². The Morgan fingerprint density at radius 2 is 2.00 bits per heavy atom. The van der Waals surface area contributed by atoms with Crippen molar-refractivity contribution in [1.82, 2.24) is 0 Å². The fraction of sp³-hybridized carbons (Fsp3) is 0.538.